The standard InChI is InChI=1S/C10H12FNO4/c11-5-1-2-6(10(15)16)7(3-5)9(14)8(13)4-12/h1-3,8-9,13-14H,4,12H2,(H,15,16). The van der Waals surface area contributed by atoms with Crippen molar-refractivity contribution in [2.75, 3.05) is 6.54 Å². The van der Waals surface area contributed by atoms with Crippen LogP contribution in [0.25, 0.3) is 0 Å². The van der Waals surface area contributed by atoms with Crippen LogP contribution in [-0.2, 0) is 0 Å². The van der Waals surface area contributed by atoms with Crippen LogP contribution in [0.3, 0.4) is 0 Å². The van der Waals surface area contributed by atoms with Crippen LogP contribution in [-0.4, -0.2) is 33.9 Å². The molecule has 5 N–H and O–H groups in total. The highest BCUT2D eigenvalue weighted by atomic mass is 19.1. The van der Waals surface area contributed by atoms with Crippen molar-refractivity contribution in [2.24, 2.45) is 5.73 Å². The summed E-state index contributed by atoms with van der Waals surface area (Å²) < 4.78 is 12.9. The molecule has 0 amide bonds. The van der Waals surface area contributed by atoms with Crippen LogP contribution < -0.4 is 5.73 Å². The average Bonchev–Trinajstić information content (AvgIpc) is 2.26. The first kappa shape index (κ1) is 12.6. The number of carbonyl (C=O) groups is 1. The number of hydrogen-bond donors (Lipinski definition) is 4. The van der Waals surface area contributed by atoms with E-state index >= 15 is 0 Å². The smallest absolute Gasteiger partial charge is 0.336 e. The van der Waals surface area contributed by atoms with Gasteiger partial charge in [-0.1, -0.05) is 0 Å². The summed E-state index contributed by atoms with van der Waals surface area (Å²) in [5.41, 5.74) is 4.67. The summed E-state index contributed by atoms with van der Waals surface area (Å²) in [7, 11) is 0. The Balaban J connectivity index is 3.19. The zero-order valence-electron chi connectivity index (χ0n) is 8.30. The summed E-state index contributed by atoms with van der Waals surface area (Å²) in [6.45, 7) is -0.253. The molecule has 0 saturated carbocycles. The van der Waals surface area contributed by atoms with E-state index in [0.717, 1.165) is 18.2 Å². The molecule has 0 aliphatic carbocycles. The lowest BCUT2D eigenvalue weighted by molar-refractivity contribution is 0.0230. The first-order chi connectivity index (χ1) is 7.47. The van der Waals surface area contributed by atoms with Gasteiger partial charge in [-0.2, -0.15) is 0 Å². The Morgan fingerprint density at radius 1 is 1.44 bits per heavy atom. The predicted molar refractivity (Wildman–Crippen MR) is 53.4 cm³/mol. The van der Waals surface area contributed by atoms with E-state index in [9.17, 15) is 19.4 Å². The molecule has 0 radical (unpaired) electrons. The lowest BCUT2D eigenvalue weighted by Crippen LogP contribution is -2.28. The number of halogens is 1. The first-order valence-corrected chi connectivity index (χ1v) is 4.56. The molecule has 0 aliphatic rings. The summed E-state index contributed by atoms with van der Waals surface area (Å²) in [6, 6.07) is 2.86. The van der Waals surface area contributed by atoms with Crippen molar-refractivity contribution in [3.63, 3.8) is 0 Å². The Bertz CT molecular complexity index is 396. The van der Waals surface area contributed by atoms with Gasteiger partial charge in [-0.15, -0.1) is 0 Å². The van der Waals surface area contributed by atoms with Gasteiger partial charge in [-0.05, 0) is 18.2 Å². The van der Waals surface area contributed by atoms with Gasteiger partial charge >= 0.3 is 5.97 Å². The number of carboxylic acids is 1. The lowest BCUT2D eigenvalue weighted by Gasteiger charge is -2.18. The fraction of sp³-hybridized carbons (Fsp3) is 0.300. The molecule has 2 unspecified atom stereocenters. The van der Waals surface area contributed by atoms with Crippen molar-refractivity contribution in [1.82, 2.24) is 0 Å². The molecule has 0 spiro atoms. The minimum Gasteiger partial charge on any atom is -0.478 e. The molecule has 0 aromatic heterocycles. The lowest BCUT2D eigenvalue weighted by atomic mass is 9.98. The normalized spacial score (nSPS) is 14.5. The number of aliphatic hydroxyl groups excluding tert-OH is 2. The highest BCUT2D eigenvalue weighted by molar-refractivity contribution is 5.89. The molecule has 2 atom stereocenters. The summed E-state index contributed by atoms with van der Waals surface area (Å²) in [5, 5.41) is 27.7. The van der Waals surface area contributed by atoms with E-state index in [0.29, 0.717) is 0 Å². The Kier molecular flexibility index (Phi) is 3.94. The molecular weight excluding hydrogens is 217 g/mol. The van der Waals surface area contributed by atoms with Crippen molar-refractivity contribution >= 4 is 5.97 Å². The predicted octanol–water partition coefficient (Wildman–Crippen LogP) is -0.123. The highest BCUT2D eigenvalue weighted by Gasteiger charge is 2.23. The minimum absolute atomic E-state index is 0.189. The average molecular weight is 229 g/mol. The Hall–Kier alpha value is -1.50. The van der Waals surface area contributed by atoms with Gasteiger partial charge in [0, 0.05) is 12.1 Å². The number of rotatable bonds is 4. The second-order valence-corrected chi connectivity index (χ2v) is 3.28. The molecule has 1 aromatic rings. The van der Waals surface area contributed by atoms with Gasteiger partial charge in [0.1, 0.15) is 11.9 Å². The molecule has 0 bridgehead atoms. The molecule has 1 rings (SSSR count). The Labute approximate surface area is 90.9 Å². The zero-order valence-corrected chi connectivity index (χ0v) is 8.30. The van der Waals surface area contributed by atoms with E-state index < -0.39 is 24.0 Å². The SMILES string of the molecule is NCC(O)C(O)c1cc(F)ccc1C(=O)O. The van der Waals surface area contributed by atoms with Crippen LogP contribution in [0.15, 0.2) is 18.2 Å². The third-order valence-electron chi connectivity index (χ3n) is 2.17. The molecule has 1 aromatic carbocycles. The number of aromatic carboxylic acids is 1. The molecule has 0 saturated heterocycles. The van der Waals surface area contributed by atoms with E-state index in [2.05, 4.69) is 0 Å². The fourth-order valence-corrected chi connectivity index (χ4v) is 1.31. The van der Waals surface area contributed by atoms with Crippen LogP contribution in [0.5, 0.6) is 0 Å². The molecule has 5 nitrogen and oxygen atoms in total. The highest BCUT2D eigenvalue weighted by Crippen LogP contribution is 2.22. The van der Waals surface area contributed by atoms with Crippen LogP contribution in [0.2, 0.25) is 0 Å². The van der Waals surface area contributed by atoms with Gasteiger partial charge in [0.05, 0.1) is 11.7 Å². The monoisotopic (exact) mass is 229 g/mol. The minimum atomic E-state index is -1.52. The van der Waals surface area contributed by atoms with Crippen molar-refractivity contribution in [2.45, 2.75) is 12.2 Å². The van der Waals surface area contributed by atoms with Crippen LogP contribution in [0.4, 0.5) is 4.39 Å². The van der Waals surface area contributed by atoms with E-state index in [1.165, 1.54) is 0 Å². The summed E-state index contributed by atoms with van der Waals surface area (Å²) >= 11 is 0. The van der Waals surface area contributed by atoms with E-state index in [1.807, 2.05) is 0 Å². The summed E-state index contributed by atoms with van der Waals surface area (Å²) in [6.07, 6.45) is -2.85. The van der Waals surface area contributed by atoms with E-state index in [-0.39, 0.29) is 17.7 Å². The molecule has 6 heteroatoms. The van der Waals surface area contributed by atoms with Crippen LogP contribution in [0.1, 0.15) is 22.0 Å². The number of carboxylic acid groups (broad SMARTS) is 1. The van der Waals surface area contributed by atoms with Crippen molar-refractivity contribution in [3.05, 3.63) is 35.1 Å². The van der Waals surface area contributed by atoms with Gasteiger partial charge in [0.15, 0.2) is 0 Å². The third kappa shape index (κ3) is 2.54. The third-order valence-corrected chi connectivity index (χ3v) is 2.17. The molecule has 0 fully saturated rings. The fourth-order valence-electron chi connectivity index (χ4n) is 1.31. The molecule has 0 aliphatic heterocycles. The first-order valence-electron chi connectivity index (χ1n) is 4.56. The summed E-state index contributed by atoms with van der Waals surface area (Å²) in [5.74, 6) is -2.00. The van der Waals surface area contributed by atoms with Crippen molar-refractivity contribution < 1.29 is 24.5 Å². The van der Waals surface area contributed by atoms with Crippen molar-refractivity contribution in [3.8, 4) is 0 Å². The second kappa shape index (κ2) is 5.02. The maximum Gasteiger partial charge on any atom is 0.336 e. The summed E-state index contributed by atoms with van der Waals surface area (Å²) in [4.78, 5) is 10.8. The van der Waals surface area contributed by atoms with Gasteiger partial charge < -0.3 is 21.1 Å². The Morgan fingerprint density at radius 2 is 2.06 bits per heavy atom. The van der Waals surface area contributed by atoms with E-state index in [1.54, 1.807) is 0 Å². The maximum absolute atomic E-state index is 12.9. The molecule has 16 heavy (non-hydrogen) atoms. The molecular formula is C10H12FNO4. The van der Waals surface area contributed by atoms with Gasteiger partial charge in [0.25, 0.3) is 0 Å². The van der Waals surface area contributed by atoms with Crippen molar-refractivity contribution in [1.29, 1.82) is 0 Å². The topological polar surface area (TPSA) is 104 Å². The maximum atomic E-state index is 12.9. The number of benzene rings is 1. The molecule has 0 heterocycles. The quantitative estimate of drug-likeness (QED) is 0.576. The number of nitrogens with two attached hydrogens (primary N) is 1. The van der Waals surface area contributed by atoms with Gasteiger partial charge in [-0.3, -0.25) is 0 Å². The number of hydrogen-bond acceptors (Lipinski definition) is 4. The van der Waals surface area contributed by atoms with Gasteiger partial charge in [-0.25, -0.2) is 9.18 Å². The number of aliphatic hydroxyl groups is 2. The van der Waals surface area contributed by atoms with E-state index in [4.69, 9.17) is 10.8 Å². The van der Waals surface area contributed by atoms with Crippen LogP contribution in [0, 0.1) is 5.82 Å². The van der Waals surface area contributed by atoms with Crippen LogP contribution >= 0.6 is 0 Å². The second-order valence-electron chi connectivity index (χ2n) is 3.28. The largest absolute Gasteiger partial charge is 0.478 e. The molecule has 88 valence electrons. The van der Waals surface area contributed by atoms with Gasteiger partial charge in [0.2, 0.25) is 0 Å². The zero-order chi connectivity index (χ0) is 12.3. The Morgan fingerprint density at radius 3 is 2.56 bits per heavy atom.